The average molecular weight is 320 g/mol. The normalized spacial score (nSPS) is 17.9. The first-order valence-corrected chi connectivity index (χ1v) is 6.42. The van der Waals surface area contributed by atoms with Crippen LogP contribution in [0.5, 0.6) is 0 Å². The highest BCUT2D eigenvalue weighted by Gasteiger charge is 2.25. The van der Waals surface area contributed by atoms with Crippen molar-refractivity contribution in [2.24, 2.45) is 0 Å². The molecule has 1 saturated heterocycles. The fourth-order valence-electron chi connectivity index (χ4n) is 2.12. The standard InChI is InChI=1S/C12H14ClN3O3.ClH/c13-9-4-1-5-10(16(18)19)11(9)12(17)15-8-3-2-6-14-7-8;/h1,4-5,8,14H,2-3,6-7H2,(H,15,17);1H/t8-;/m0./s1. The Morgan fingerprint density at radius 1 is 1.50 bits per heavy atom. The summed E-state index contributed by atoms with van der Waals surface area (Å²) in [6, 6.07) is 4.19. The number of piperidine rings is 1. The van der Waals surface area contributed by atoms with Crippen LogP contribution in [-0.4, -0.2) is 30.0 Å². The van der Waals surface area contributed by atoms with E-state index < -0.39 is 10.8 Å². The van der Waals surface area contributed by atoms with Crippen LogP contribution in [0.15, 0.2) is 18.2 Å². The number of carbonyl (C=O) groups is 1. The summed E-state index contributed by atoms with van der Waals surface area (Å²) in [4.78, 5) is 22.5. The van der Waals surface area contributed by atoms with Crippen molar-refractivity contribution in [1.82, 2.24) is 10.6 Å². The molecule has 6 nitrogen and oxygen atoms in total. The fourth-order valence-corrected chi connectivity index (χ4v) is 2.38. The van der Waals surface area contributed by atoms with Crippen LogP contribution in [0.3, 0.4) is 0 Å². The van der Waals surface area contributed by atoms with Gasteiger partial charge in [0.05, 0.1) is 9.95 Å². The van der Waals surface area contributed by atoms with Gasteiger partial charge in [0.15, 0.2) is 0 Å². The minimum absolute atomic E-state index is 0. The Kier molecular flexibility index (Phi) is 6.19. The summed E-state index contributed by atoms with van der Waals surface area (Å²) >= 11 is 5.91. The maximum atomic E-state index is 12.1. The molecule has 1 aliphatic heterocycles. The van der Waals surface area contributed by atoms with Gasteiger partial charge in [0.2, 0.25) is 0 Å². The van der Waals surface area contributed by atoms with Gasteiger partial charge < -0.3 is 10.6 Å². The predicted octanol–water partition coefficient (Wildman–Crippen LogP) is 2.15. The molecular weight excluding hydrogens is 305 g/mol. The Bertz CT molecular complexity index is 505. The van der Waals surface area contributed by atoms with Gasteiger partial charge in [-0.2, -0.15) is 0 Å². The Balaban J connectivity index is 0.00000200. The number of halogens is 2. The van der Waals surface area contributed by atoms with Crippen LogP contribution in [0.25, 0.3) is 0 Å². The number of amides is 1. The highest BCUT2D eigenvalue weighted by atomic mass is 35.5. The van der Waals surface area contributed by atoms with Crippen molar-refractivity contribution in [3.8, 4) is 0 Å². The van der Waals surface area contributed by atoms with Gasteiger partial charge >= 0.3 is 0 Å². The van der Waals surface area contributed by atoms with Crippen LogP contribution in [0.1, 0.15) is 23.2 Å². The molecule has 0 unspecified atom stereocenters. The third-order valence-electron chi connectivity index (χ3n) is 3.05. The zero-order chi connectivity index (χ0) is 13.8. The first kappa shape index (κ1) is 16.7. The van der Waals surface area contributed by atoms with E-state index in [0.29, 0.717) is 6.54 Å². The Morgan fingerprint density at radius 3 is 2.85 bits per heavy atom. The number of nitro groups is 1. The Hall–Kier alpha value is -1.37. The first-order chi connectivity index (χ1) is 9.09. The summed E-state index contributed by atoms with van der Waals surface area (Å²) < 4.78 is 0. The lowest BCUT2D eigenvalue weighted by Gasteiger charge is -2.23. The molecule has 0 spiro atoms. The second kappa shape index (κ2) is 7.42. The molecule has 0 aromatic heterocycles. The molecule has 0 radical (unpaired) electrons. The second-order valence-electron chi connectivity index (χ2n) is 4.41. The molecule has 2 N–H and O–H groups in total. The molecule has 1 aromatic carbocycles. The summed E-state index contributed by atoms with van der Waals surface area (Å²) in [6.45, 7) is 1.60. The van der Waals surface area contributed by atoms with Crippen LogP contribution >= 0.6 is 24.0 Å². The Morgan fingerprint density at radius 2 is 2.25 bits per heavy atom. The SMILES string of the molecule is Cl.O=C(N[C@H]1CCCNC1)c1c(Cl)cccc1[N+](=O)[O-]. The third kappa shape index (κ3) is 3.82. The highest BCUT2D eigenvalue weighted by Crippen LogP contribution is 2.26. The van der Waals surface area contributed by atoms with Crippen molar-refractivity contribution in [2.75, 3.05) is 13.1 Å². The van der Waals surface area contributed by atoms with E-state index in [-0.39, 0.29) is 34.7 Å². The molecule has 1 fully saturated rings. The monoisotopic (exact) mass is 319 g/mol. The number of carbonyl (C=O) groups excluding carboxylic acids is 1. The van der Waals surface area contributed by atoms with E-state index >= 15 is 0 Å². The highest BCUT2D eigenvalue weighted by molar-refractivity contribution is 6.34. The van der Waals surface area contributed by atoms with Crippen LogP contribution < -0.4 is 10.6 Å². The molecular formula is C12H15Cl2N3O3. The molecule has 8 heteroatoms. The minimum Gasteiger partial charge on any atom is -0.348 e. The number of hydrogen-bond donors (Lipinski definition) is 2. The Labute approximate surface area is 127 Å². The molecule has 1 aromatic rings. The summed E-state index contributed by atoms with van der Waals surface area (Å²) in [5.74, 6) is -0.494. The van der Waals surface area contributed by atoms with Gasteiger partial charge in [-0.1, -0.05) is 17.7 Å². The number of benzene rings is 1. The van der Waals surface area contributed by atoms with E-state index in [1.165, 1.54) is 18.2 Å². The van der Waals surface area contributed by atoms with Gasteiger partial charge in [-0.25, -0.2) is 0 Å². The average Bonchev–Trinajstić information content (AvgIpc) is 2.39. The van der Waals surface area contributed by atoms with Crippen molar-refractivity contribution in [1.29, 1.82) is 0 Å². The van der Waals surface area contributed by atoms with Gasteiger partial charge in [-0.3, -0.25) is 14.9 Å². The summed E-state index contributed by atoms with van der Waals surface area (Å²) in [6.07, 6.45) is 1.83. The number of nitrogens with one attached hydrogen (secondary N) is 2. The fraction of sp³-hybridized carbons (Fsp3) is 0.417. The van der Waals surface area contributed by atoms with Crippen molar-refractivity contribution in [3.05, 3.63) is 38.9 Å². The van der Waals surface area contributed by atoms with Gasteiger partial charge in [0.25, 0.3) is 11.6 Å². The molecule has 1 amide bonds. The predicted molar refractivity (Wildman–Crippen MR) is 78.7 cm³/mol. The van der Waals surface area contributed by atoms with E-state index in [0.717, 1.165) is 19.4 Å². The van der Waals surface area contributed by atoms with Gasteiger partial charge in [-0.15, -0.1) is 12.4 Å². The van der Waals surface area contributed by atoms with E-state index in [1.807, 2.05) is 0 Å². The second-order valence-corrected chi connectivity index (χ2v) is 4.82. The molecule has 20 heavy (non-hydrogen) atoms. The molecule has 1 aliphatic rings. The molecule has 0 saturated carbocycles. The third-order valence-corrected chi connectivity index (χ3v) is 3.36. The summed E-state index contributed by atoms with van der Waals surface area (Å²) in [5, 5.41) is 17.0. The molecule has 0 aliphatic carbocycles. The quantitative estimate of drug-likeness (QED) is 0.660. The topological polar surface area (TPSA) is 84.3 Å². The number of nitro benzene ring substituents is 1. The number of rotatable bonds is 3. The summed E-state index contributed by atoms with van der Waals surface area (Å²) in [7, 11) is 0. The molecule has 0 bridgehead atoms. The zero-order valence-corrected chi connectivity index (χ0v) is 12.2. The van der Waals surface area contributed by atoms with Gasteiger partial charge in [0.1, 0.15) is 5.56 Å². The van der Waals surface area contributed by atoms with E-state index in [2.05, 4.69) is 10.6 Å². The zero-order valence-electron chi connectivity index (χ0n) is 10.6. The van der Waals surface area contributed by atoms with Crippen molar-refractivity contribution in [3.63, 3.8) is 0 Å². The molecule has 2 rings (SSSR count). The van der Waals surface area contributed by atoms with E-state index in [4.69, 9.17) is 11.6 Å². The van der Waals surface area contributed by atoms with Crippen LogP contribution in [0, 0.1) is 10.1 Å². The van der Waals surface area contributed by atoms with Gasteiger partial charge in [0, 0.05) is 18.7 Å². The van der Waals surface area contributed by atoms with E-state index in [1.54, 1.807) is 0 Å². The van der Waals surface area contributed by atoms with Crippen molar-refractivity contribution >= 4 is 35.6 Å². The first-order valence-electron chi connectivity index (χ1n) is 6.04. The largest absolute Gasteiger partial charge is 0.348 e. The maximum absolute atomic E-state index is 12.1. The van der Waals surface area contributed by atoms with E-state index in [9.17, 15) is 14.9 Å². The molecule has 110 valence electrons. The molecule has 1 heterocycles. The summed E-state index contributed by atoms with van der Waals surface area (Å²) in [5.41, 5.74) is -0.339. The van der Waals surface area contributed by atoms with Crippen LogP contribution in [0.2, 0.25) is 5.02 Å². The van der Waals surface area contributed by atoms with Crippen molar-refractivity contribution in [2.45, 2.75) is 18.9 Å². The van der Waals surface area contributed by atoms with Crippen LogP contribution in [0.4, 0.5) is 5.69 Å². The number of hydrogen-bond acceptors (Lipinski definition) is 4. The minimum atomic E-state index is -0.597. The van der Waals surface area contributed by atoms with Crippen molar-refractivity contribution < 1.29 is 9.72 Å². The number of nitrogens with zero attached hydrogens (tertiary/aromatic N) is 1. The maximum Gasteiger partial charge on any atom is 0.283 e. The lowest BCUT2D eigenvalue weighted by molar-refractivity contribution is -0.385. The molecule has 1 atom stereocenters. The lowest BCUT2D eigenvalue weighted by Crippen LogP contribution is -2.45. The van der Waals surface area contributed by atoms with Gasteiger partial charge in [-0.05, 0) is 25.5 Å². The smallest absolute Gasteiger partial charge is 0.283 e. The van der Waals surface area contributed by atoms with Crippen LogP contribution in [-0.2, 0) is 0 Å². The lowest BCUT2D eigenvalue weighted by atomic mass is 10.1.